The summed E-state index contributed by atoms with van der Waals surface area (Å²) in [5.74, 6) is 0.638. The molecule has 0 radical (unpaired) electrons. The first-order valence-electron chi connectivity index (χ1n) is 9.29. The Labute approximate surface area is 153 Å². The number of ether oxygens (including phenoxy) is 1. The van der Waals surface area contributed by atoms with E-state index < -0.39 is 0 Å². The molecule has 0 bridgehead atoms. The summed E-state index contributed by atoms with van der Waals surface area (Å²) in [6.45, 7) is 2.10. The third-order valence-corrected chi connectivity index (χ3v) is 5.41. The first-order valence-corrected chi connectivity index (χ1v) is 9.29. The number of nitrogens with zero attached hydrogens (tertiary/aromatic N) is 3. The van der Waals surface area contributed by atoms with Gasteiger partial charge in [0.05, 0.1) is 5.69 Å². The first-order chi connectivity index (χ1) is 12.7. The molecule has 0 unspecified atom stereocenters. The van der Waals surface area contributed by atoms with E-state index in [-0.39, 0.29) is 6.10 Å². The van der Waals surface area contributed by atoms with Gasteiger partial charge >= 0.3 is 0 Å². The van der Waals surface area contributed by atoms with Gasteiger partial charge < -0.3 is 9.64 Å². The standard InChI is InChI=1S/C21H23N3O2/c1-24-11-8-17(9-12-24)26-20-13-16(7-10-22-20)19-6-5-15-3-2-4-18(15)21(19)23-14-25/h5-7,10,13,17H,2-4,8-9,11-12H2,1H3. The summed E-state index contributed by atoms with van der Waals surface area (Å²) in [7, 11) is 2.14. The molecule has 2 aliphatic rings. The molecule has 4 rings (SSSR count). The molecular weight excluding hydrogens is 326 g/mol. The fraction of sp³-hybridized carbons (Fsp3) is 0.429. The lowest BCUT2D eigenvalue weighted by molar-refractivity contribution is 0.110. The third-order valence-electron chi connectivity index (χ3n) is 5.41. The molecule has 1 saturated heterocycles. The molecule has 134 valence electrons. The Morgan fingerprint density at radius 2 is 2.08 bits per heavy atom. The van der Waals surface area contributed by atoms with Crippen molar-refractivity contribution < 1.29 is 9.53 Å². The van der Waals surface area contributed by atoms with Crippen molar-refractivity contribution in [2.45, 2.75) is 38.2 Å². The minimum Gasteiger partial charge on any atom is -0.474 e. The van der Waals surface area contributed by atoms with E-state index in [1.54, 1.807) is 12.3 Å². The van der Waals surface area contributed by atoms with Crippen LogP contribution in [0.3, 0.4) is 0 Å². The van der Waals surface area contributed by atoms with Crippen LogP contribution in [0, 0.1) is 0 Å². The van der Waals surface area contributed by atoms with Gasteiger partial charge in [0.1, 0.15) is 6.10 Å². The third kappa shape index (κ3) is 3.41. The molecule has 1 aliphatic carbocycles. The lowest BCUT2D eigenvalue weighted by Gasteiger charge is -2.29. The maximum Gasteiger partial charge on any atom is 0.240 e. The molecule has 26 heavy (non-hydrogen) atoms. The van der Waals surface area contributed by atoms with Gasteiger partial charge in [-0.3, -0.25) is 0 Å². The van der Waals surface area contributed by atoms with Crippen LogP contribution in [0.15, 0.2) is 35.5 Å². The monoisotopic (exact) mass is 349 g/mol. The highest BCUT2D eigenvalue weighted by Crippen LogP contribution is 2.39. The summed E-state index contributed by atoms with van der Waals surface area (Å²) in [5, 5.41) is 0. The molecule has 1 aromatic carbocycles. The molecular formula is C21H23N3O2. The quantitative estimate of drug-likeness (QED) is 0.624. The van der Waals surface area contributed by atoms with E-state index in [2.05, 4.69) is 34.1 Å². The highest BCUT2D eigenvalue weighted by molar-refractivity contribution is 5.81. The maximum absolute atomic E-state index is 11.0. The van der Waals surface area contributed by atoms with Crippen LogP contribution in [0.5, 0.6) is 5.88 Å². The zero-order valence-electron chi connectivity index (χ0n) is 15.1. The molecule has 0 N–H and O–H groups in total. The number of benzene rings is 1. The van der Waals surface area contributed by atoms with Gasteiger partial charge in [-0.1, -0.05) is 12.1 Å². The van der Waals surface area contributed by atoms with Crippen molar-refractivity contribution in [2.24, 2.45) is 4.99 Å². The van der Waals surface area contributed by atoms with Crippen LogP contribution in [0.4, 0.5) is 5.69 Å². The summed E-state index contributed by atoms with van der Waals surface area (Å²) in [4.78, 5) is 21.7. The van der Waals surface area contributed by atoms with Crippen molar-refractivity contribution in [2.75, 3.05) is 20.1 Å². The van der Waals surface area contributed by atoms with Crippen LogP contribution >= 0.6 is 0 Å². The largest absolute Gasteiger partial charge is 0.474 e. The summed E-state index contributed by atoms with van der Waals surface area (Å²) >= 11 is 0. The van der Waals surface area contributed by atoms with Crippen LogP contribution < -0.4 is 4.74 Å². The van der Waals surface area contributed by atoms with Crippen molar-refractivity contribution in [3.63, 3.8) is 0 Å². The lowest BCUT2D eigenvalue weighted by Crippen LogP contribution is -2.35. The van der Waals surface area contributed by atoms with Gasteiger partial charge in [-0.25, -0.2) is 9.78 Å². The van der Waals surface area contributed by atoms with E-state index in [0.29, 0.717) is 5.88 Å². The Bertz CT molecular complexity index is 850. The fourth-order valence-electron chi connectivity index (χ4n) is 3.97. The molecule has 5 heteroatoms. The Balaban J connectivity index is 1.64. The highest BCUT2D eigenvalue weighted by Gasteiger charge is 2.21. The minimum absolute atomic E-state index is 0.210. The predicted octanol–water partition coefficient (Wildman–Crippen LogP) is 3.68. The number of hydrogen-bond acceptors (Lipinski definition) is 5. The molecule has 2 aromatic rings. The van der Waals surface area contributed by atoms with Crippen molar-refractivity contribution in [3.05, 3.63) is 41.6 Å². The second kappa shape index (κ2) is 7.40. The summed E-state index contributed by atoms with van der Waals surface area (Å²) < 4.78 is 6.11. The molecule has 2 heterocycles. The van der Waals surface area contributed by atoms with E-state index in [1.807, 2.05) is 12.1 Å². The molecule has 0 amide bonds. The normalized spacial score (nSPS) is 17.6. The number of aromatic nitrogens is 1. The average Bonchev–Trinajstić information content (AvgIpc) is 3.14. The SMILES string of the molecule is CN1CCC(Oc2cc(-c3ccc4c(c3N=C=O)CCC4)ccn2)CC1. The zero-order valence-corrected chi connectivity index (χ0v) is 15.1. The van der Waals surface area contributed by atoms with E-state index in [4.69, 9.17) is 4.74 Å². The number of rotatable bonds is 4. The number of likely N-dealkylation sites (tertiary alicyclic amines) is 1. The van der Waals surface area contributed by atoms with Crippen molar-refractivity contribution in [1.29, 1.82) is 0 Å². The summed E-state index contributed by atoms with van der Waals surface area (Å²) in [5.41, 5.74) is 5.16. The number of aryl methyl sites for hydroxylation is 1. The van der Waals surface area contributed by atoms with Gasteiger partial charge in [0.2, 0.25) is 12.0 Å². The number of isocyanates is 1. The Kier molecular flexibility index (Phi) is 4.83. The second-order valence-corrected chi connectivity index (χ2v) is 7.16. The number of piperidine rings is 1. The summed E-state index contributed by atoms with van der Waals surface area (Å²) in [6, 6.07) is 8.11. The van der Waals surface area contributed by atoms with Gasteiger partial charge in [-0.05, 0) is 61.9 Å². The van der Waals surface area contributed by atoms with Crippen LogP contribution in [0.25, 0.3) is 11.1 Å². The predicted molar refractivity (Wildman–Crippen MR) is 101 cm³/mol. The molecule has 1 aromatic heterocycles. The number of pyridine rings is 1. The van der Waals surface area contributed by atoms with Crippen molar-refractivity contribution >= 4 is 11.8 Å². The van der Waals surface area contributed by atoms with Gasteiger partial charge in [0.15, 0.2) is 0 Å². The smallest absolute Gasteiger partial charge is 0.240 e. The molecule has 1 aliphatic heterocycles. The number of hydrogen-bond donors (Lipinski definition) is 0. The van der Waals surface area contributed by atoms with Gasteiger partial charge in [0, 0.05) is 30.9 Å². The zero-order chi connectivity index (χ0) is 17.9. The number of aliphatic imine (C=N–C) groups is 1. The summed E-state index contributed by atoms with van der Waals surface area (Å²) in [6.07, 6.45) is 8.87. The van der Waals surface area contributed by atoms with E-state index in [0.717, 1.165) is 62.0 Å². The van der Waals surface area contributed by atoms with Crippen LogP contribution in [-0.4, -0.2) is 42.2 Å². The fourth-order valence-corrected chi connectivity index (χ4v) is 3.97. The van der Waals surface area contributed by atoms with Gasteiger partial charge in [-0.2, -0.15) is 4.99 Å². The Hall–Kier alpha value is -2.49. The van der Waals surface area contributed by atoms with E-state index in [1.165, 1.54) is 11.1 Å². The molecule has 0 spiro atoms. The number of fused-ring (bicyclic) bond motifs is 1. The van der Waals surface area contributed by atoms with Crippen LogP contribution in [-0.2, 0) is 17.6 Å². The highest BCUT2D eigenvalue weighted by atomic mass is 16.5. The van der Waals surface area contributed by atoms with E-state index in [9.17, 15) is 4.79 Å². The minimum atomic E-state index is 0.210. The first kappa shape index (κ1) is 17.0. The maximum atomic E-state index is 11.0. The van der Waals surface area contributed by atoms with Crippen molar-refractivity contribution in [3.8, 4) is 17.0 Å². The average molecular weight is 349 g/mol. The van der Waals surface area contributed by atoms with Crippen molar-refractivity contribution in [1.82, 2.24) is 9.88 Å². The number of carbonyl (C=O) groups excluding carboxylic acids is 1. The molecule has 1 fully saturated rings. The Morgan fingerprint density at radius 1 is 1.23 bits per heavy atom. The topological polar surface area (TPSA) is 54.8 Å². The Morgan fingerprint density at radius 3 is 2.88 bits per heavy atom. The van der Waals surface area contributed by atoms with E-state index >= 15 is 0 Å². The molecule has 0 atom stereocenters. The van der Waals surface area contributed by atoms with Gasteiger partial charge in [0.25, 0.3) is 0 Å². The molecule has 5 nitrogen and oxygen atoms in total. The van der Waals surface area contributed by atoms with Gasteiger partial charge in [-0.15, -0.1) is 0 Å². The lowest BCUT2D eigenvalue weighted by atomic mass is 9.98. The van der Waals surface area contributed by atoms with Crippen LogP contribution in [0.2, 0.25) is 0 Å². The second-order valence-electron chi connectivity index (χ2n) is 7.16. The molecule has 0 saturated carbocycles. The van der Waals surface area contributed by atoms with Crippen LogP contribution in [0.1, 0.15) is 30.4 Å².